The monoisotopic (exact) mass is 397 g/mol. The molecule has 0 aliphatic carbocycles. The summed E-state index contributed by atoms with van der Waals surface area (Å²) < 4.78 is 16.7. The van der Waals surface area contributed by atoms with Gasteiger partial charge in [-0.2, -0.15) is 0 Å². The van der Waals surface area contributed by atoms with Crippen molar-refractivity contribution in [2.24, 2.45) is 0 Å². The van der Waals surface area contributed by atoms with Crippen molar-refractivity contribution in [1.29, 1.82) is 0 Å². The molecule has 0 aliphatic rings. The van der Waals surface area contributed by atoms with E-state index in [4.69, 9.17) is 3.32 Å². The largest absolute Gasteiger partial charge is 0.344 e. The van der Waals surface area contributed by atoms with Gasteiger partial charge in [-0.25, -0.2) is 0 Å². The molecule has 0 amide bonds. The SMILES string of the molecule is CC(C)[O][Ti].CCCCCCCCP(=O)(O)CCCCCCCC. The molecule has 0 radical (unpaired) electrons. The molecule has 0 bridgehead atoms. The average molecular weight is 397 g/mol. The maximum atomic E-state index is 11.9. The van der Waals surface area contributed by atoms with Crippen molar-refractivity contribution in [3.8, 4) is 0 Å². The fourth-order valence-corrected chi connectivity index (χ4v) is 4.05. The number of hydrogen-bond donors (Lipinski definition) is 1. The predicted molar refractivity (Wildman–Crippen MR) is 103 cm³/mol. The Bertz CT molecular complexity index is 266. The van der Waals surface area contributed by atoms with Crippen molar-refractivity contribution in [3.63, 3.8) is 0 Å². The van der Waals surface area contributed by atoms with Gasteiger partial charge in [0.2, 0.25) is 7.37 Å². The van der Waals surface area contributed by atoms with Crippen molar-refractivity contribution in [3.05, 3.63) is 0 Å². The minimum absolute atomic E-state index is 0.384. The first kappa shape index (κ1) is 27.1. The molecule has 1 N–H and O–H groups in total. The molecule has 145 valence electrons. The summed E-state index contributed by atoms with van der Waals surface area (Å²) in [4.78, 5) is 9.88. The molecule has 3 nitrogen and oxygen atoms in total. The van der Waals surface area contributed by atoms with Crippen LogP contribution in [-0.2, 0) is 28.7 Å². The van der Waals surface area contributed by atoms with Gasteiger partial charge in [-0.05, 0) is 12.8 Å². The molecular formula is C19H42O3PTi. The summed E-state index contributed by atoms with van der Waals surface area (Å²) in [7, 11) is -2.80. The smallest absolute Gasteiger partial charge is 0.200 e. The Morgan fingerprint density at radius 1 is 0.792 bits per heavy atom. The van der Waals surface area contributed by atoms with Crippen LogP contribution in [0.3, 0.4) is 0 Å². The van der Waals surface area contributed by atoms with Crippen LogP contribution in [-0.4, -0.2) is 23.3 Å². The van der Waals surface area contributed by atoms with Gasteiger partial charge in [0.25, 0.3) is 0 Å². The van der Waals surface area contributed by atoms with E-state index in [1.54, 1.807) is 20.8 Å². The molecule has 0 unspecified atom stereocenters. The zero-order valence-corrected chi connectivity index (χ0v) is 19.1. The first-order valence-electron chi connectivity index (χ1n) is 10.0. The van der Waals surface area contributed by atoms with Crippen LogP contribution in [0.4, 0.5) is 0 Å². The van der Waals surface area contributed by atoms with E-state index in [0.29, 0.717) is 18.4 Å². The van der Waals surface area contributed by atoms with Crippen LogP contribution in [0, 0.1) is 0 Å². The summed E-state index contributed by atoms with van der Waals surface area (Å²) in [5.41, 5.74) is 0. The van der Waals surface area contributed by atoms with E-state index in [1.807, 2.05) is 13.8 Å². The molecular weight excluding hydrogens is 355 g/mol. The molecule has 24 heavy (non-hydrogen) atoms. The van der Waals surface area contributed by atoms with Crippen LogP contribution in [0.15, 0.2) is 0 Å². The zero-order chi connectivity index (χ0) is 18.7. The second kappa shape index (κ2) is 20.2. The minimum Gasteiger partial charge on any atom is -0.344 e. The standard InChI is InChI=1S/C16H35O2P.C3H7O.Ti/c1-3-5-7-9-11-13-15-19(17,18)16-14-12-10-8-6-4-2;1-3(2)4;/h3-16H2,1-2H3,(H,17,18);3H,1-2H3;/q;-1;+1. The Labute approximate surface area is 164 Å². The Morgan fingerprint density at radius 3 is 1.38 bits per heavy atom. The second-order valence-electron chi connectivity index (χ2n) is 7.00. The maximum Gasteiger partial charge on any atom is 0.200 e. The van der Waals surface area contributed by atoms with Crippen LogP contribution >= 0.6 is 7.37 Å². The van der Waals surface area contributed by atoms with E-state index < -0.39 is 7.37 Å². The summed E-state index contributed by atoms with van der Waals surface area (Å²) in [5.74, 6) is 0. The van der Waals surface area contributed by atoms with Gasteiger partial charge in [0.1, 0.15) is 0 Å². The number of rotatable bonds is 15. The summed E-state index contributed by atoms with van der Waals surface area (Å²) in [6, 6.07) is 0. The van der Waals surface area contributed by atoms with Crippen LogP contribution in [0.2, 0.25) is 0 Å². The molecule has 0 aliphatic heterocycles. The second-order valence-corrected chi connectivity index (χ2v) is 9.95. The van der Waals surface area contributed by atoms with Crippen molar-refractivity contribution in [1.82, 2.24) is 0 Å². The van der Waals surface area contributed by atoms with E-state index in [0.717, 1.165) is 25.7 Å². The van der Waals surface area contributed by atoms with Gasteiger partial charge >= 0.3 is 44.1 Å². The first-order chi connectivity index (χ1) is 11.4. The average Bonchev–Trinajstić information content (AvgIpc) is 2.54. The molecule has 0 saturated carbocycles. The van der Waals surface area contributed by atoms with Crippen LogP contribution in [0.25, 0.3) is 0 Å². The summed E-state index contributed by atoms with van der Waals surface area (Å²) >= 11 is 1.70. The predicted octanol–water partition coefficient (Wildman–Crippen LogP) is 6.85. The molecule has 0 aromatic rings. The van der Waals surface area contributed by atoms with E-state index in [2.05, 4.69) is 13.8 Å². The molecule has 5 heteroatoms. The fraction of sp³-hybridized carbons (Fsp3) is 1.00. The molecule has 0 aromatic carbocycles. The topological polar surface area (TPSA) is 46.5 Å². The van der Waals surface area contributed by atoms with Crippen LogP contribution in [0.1, 0.15) is 105 Å². The Hall–Kier alpha value is 0.864. The molecule has 0 saturated heterocycles. The third kappa shape index (κ3) is 25.1. The van der Waals surface area contributed by atoms with Crippen LogP contribution < -0.4 is 0 Å². The van der Waals surface area contributed by atoms with Crippen molar-refractivity contribution >= 4 is 7.37 Å². The van der Waals surface area contributed by atoms with Gasteiger partial charge in [-0.3, -0.25) is 4.57 Å². The Balaban J connectivity index is 0. The van der Waals surface area contributed by atoms with Gasteiger partial charge in [0, 0.05) is 12.3 Å². The number of unbranched alkanes of at least 4 members (excludes halogenated alkanes) is 10. The molecule has 0 rings (SSSR count). The fourth-order valence-electron chi connectivity index (χ4n) is 2.39. The Kier molecular flexibility index (Phi) is 22.8. The third-order valence-corrected chi connectivity index (χ3v) is 6.72. The summed E-state index contributed by atoms with van der Waals surface area (Å²) in [6.45, 7) is 8.42. The van der Waals surface area contributed by atoms with E-state index in [1.165, 1.54) is 51.4 Å². The van der Waals surface area contributed by atoms with Crippen molar-refractivity contribution in [2.75, 3.05) is 12.3 Å². The zero-order valence-electron chi connectivity index (χ0n) is 16.7. The summed E-state index contributed by atoms with van der Waals surface area (Å²) in [5, 5.41) is 0. The first-order valence-corrected chi connectivity index (χ1v) is 12.7. The molecule has 0 atom stereocenters. The van der Waals surface area contributed by atoms with Gasteiger partial charge in [-0.15, -0.1) is 0 Å². The van der Waals surface area contributed by atoms with Crippen molar-refractivity contribution in [2.45, 2.75) is 111 Å². The number of hydrogen-bond acceptors (Lipinski definition) is 2. The van der Waals surface area contributed by atoms with Gasteiger partial charge in [0.05, 0.1) is 0 Å². The normalized spacial score (nSPS) is 11.4. The Morgan fingerprint density at radius 2 is 1.08 bits per heavy atom. The van der Waals surface area contributed by atoms with Gasteiger partial charge < -0.3 is 4.89 Å². The van der Waals surface area contributed by atoms with Gasteiger partial charge in [0.15, 0.2) is 0 Å². The molecule has 0 fully saturated rings. The van der Waals surface area contributed by atoms with Crippen molar-refractivity contribution < 1.29 is 33.6 Å². The van der Waals surface area contributed by atoms with E-state index >= 15 is 0 Å². The molecule has 0 heterocycles. The minimum atomic E-state index is -2.80. The molecule has 0 aromatic heterocycles. The van der Waals surface area contributed by atoms with E-state index in [9.17, 15) is 9.46 Å². The quantitative estimate of drug-likeness (QED) is 0.187. The maximum absolute atomic E-state index is 11.9. The van der Waals surface area contributed by atoms with E-state index in [-0.39, 0.29) is 0 Å². The summed E-state index contributed by atoms with van der Waals surface area (Å²) in [6.07, 6.45) is 15.7. The third-order valence-electron chi connectivity index (χ3n) is 3.96. The molecule has 0 spiro atoms. The van der Waals surface area contributed by atoms with Gasteiger partial charge in [-0.1, -0.05) is 78.1 Å². The van der Waals surface area contributed by atoms with Crippen LogP contribution in [0.5, 0.6) is 0 Å².